The molecule has 1 aliphatic rings. The zero-order chi connectivity index (χ0) is 17.5. The van der Waals surface area contributed by atoms with Crippen LogP contribution in [0.2, 0.25) is 0 Å². The largest absolute Gasteiger partial charge is 0.466 e. The second-order valence-corrected chi connectivity index (χ2v) is 6.72. The molecule has 1 aliphatic carbocycles. The maximum Gasteiger partial charge on any atom is 0.308 e. The summed E-state index contributed by atoms with van der Waals surface area (Å²) in [4.78, 5) is 11.9. The molecule has 2 aromatic carbocycles. The van der Waals surface area contributed by atoms with Crippen molar-refractivity contribution in [2.45, 2.75) is 44.7 Å². The topological polar surface area (TPSA) is 38.3 Å². The number of benzene rings is 2. The number of nitrogens with one attached hydrogen (secondary N) is 1. The molecular weight excluding hydrogens is 310 g/mol. The molecule has 0 unspecified atom stereocenters. The highest BCUT2D eigenvalue weighted by molar-refractivity contribution is 5.72. The lowest BCUT2D eigenvalue weighted by Gasteiger charge is -2.32. The van der Waals surface area contributed by atoms with Gasteiger partial charge in [0.25, 0.3) is 0 Å². The van der Waals surface area contributed by atoms with Gasteiger partial charge in [-0.2, -0.15) is 0 Å². The van der Waals surface area contributed by atoms with E-state index in [0.717, 1.165) is 25.7 Å². The van der Waals surface area contributed by atoms with Crippen molar-refractivity contribution in [2.75, 3.05) is 6.61 Å². The Morgan fingerprint density at radius 1 is 0.960 bits per heavy atom. The summed E-state index contributed by atoms with van der Waals surface area (Å²) in [5.41, 5.74) is 2.56. The second kappa shape index (κ2) is 8.82. The van der Waals surface area contributed by atoms with Gasteiger partial charge in [-0.25, -0.2) is 0 Å². The molecule has 3 nitrogen and oxygen atoms in total. The molecule has 3 rings (SSSR count). The summed E-state index contributed by atoms with van der Waals surface area (Å²) >= 11 is 0. The summed E-state index contributed by atoms with van der Waals surface area (Å²) in [6.07, 6.45) is 3.85. The number of ether oxygens (including phenoxy) is 1. The van der Waals surface area contributed by atoms with Crippen molar-refractivity contribution in [2.24, 2.45) is 5.92 Å². The molecule has 25 heavy (non-hydrogen) atoms. The van der Waals surface area contributed by atoms with Crippen LogP contribution in [0.1, 0.15) is 49.8 Å². The van der Waals surface area contributed by atoms with E-state index in [1.165, 1.54) is 11.1 Å². The fraction of sp³-hybridized carbons (Fsp3) is 0.409. The molecule has 1 fully saturated rings. The minimum Gasteiger partial charge on any atom is -0.466 e. The first-order valence-electron chi connectivity index (χ1n) is 9.30. The average Bonchev–Trinajstić information content (AvgIpc) is 2.68. The first kappa shape index (κ1) is 17.7. The summed E-state index contributed by atoms with van der Waals surface area (Å²) < 4.78 is 5.18. The highest BCUT2D eigenvalue weighted by Crippen LogP contribution is 2.29. The van der Waals surface area contributed by atoms with Crippen LogP contribution in [0.3, 0.4) is 0 Å². The van der Waals surface area contributed by atoms with E-state index in [1.807, 2.05) is 6.92 Å². The first-order valence-corrected chi connectivity index (χ1v) is 9.30. The first-order chi connectivity index (χ1) is 12.3. The molecule has 3 heteroatoms. The second-order valence-electron chi connectivity index (χ2n) is 6.72. The third-order valence-corrected chi connectivity index (χ3v) is 5.02. The van der Waals surface area contributed by atoms with Crippen molar-refractivity contribution in [3.05, 3.63) is 71.8 Å². The molecule has 0 radical (unpaired) electrons. The molecule has 0 saturated heterocycles. The number of esters is 1. The lowest BCUT2D eigenvalue weighted by Crippen LogP contribution is -2.38. The molecular formula is C22H27NO2. The van der Waals surface area contributed by atoms with Crippen LogP contribution in [-0.2, 0) is 9.53 Å². The van der Waals surface area contributed by atoms with Crippen molar-refractivity contribution >= 4 is 5.97 Å². The van der Waals surface area contributed by atoms with Gasteiger partial charge >= 0.3 is 5.97 Å². The Bertz CT molecular complexity index is 609. The highest BCUT2D eigenvalue weighted by Gasteiger charge is 2.28. The van der Waals surface area contributed by atoms with E-state index in [2.05, 4.69) is 66.0 Å². The predicted molar refractivity (Wildman–Crippen MR) is 100 cm³/mol. The minimum atomic E-state index is -0.0244. The van der Waals surface area contributed by atoms with E-state index >= 15 is 0 Å². The van der Waals surface area contributed by atoms with Gasteiger partial charge in [0.2, 0.25) is 0 Å². The summed E-state index contributed by atoms with van der Waals surface area (Å²) in [6.45, 7) is 2.34. The Morgan fingerprint density at radius 2 is 1.48 bits per heavy atom. The monoisotopic (exact) mass is 337 g/mol. The molecule has 0 aromatic heterocycles. The Kier molecular flexibility index (Phi) is 6.24. The van der Waals surface area contributed by atoms with E-state index in [0.29, 0.717) is 12.6 Å². The number of rotatable bonds is 6. The summed E-state index contributed by atoms with van der Waals surface area (Å²) in [7, 11) is 0. The summed E-state index contributed by atoms with van der Waals surface area (Å²) in [6, 6.07) is 21.8. The van der Waals surface area contributed by atoms with Crippen molar-refractivity contribution in [1.29, 1.82) is 0 Å². The van der Waals surface area contributed by atoms with Crippen LogP contribution in [0.15, 0.2) is 60.7 Å². The van der Waals surface area contributed by atoms with E-state index in [1.54, 1.807) is 0 Å². The zero-order valence-corrected chi connectivity index (χ0v) is 14.9. The molecule has 0 heterocycles. The minimum absolute atomic E-state index is 0.0244. The molecule has 0 bridgehead atoms. The Morgan fingerprint density at radius 3 is 1.96 bits per heavy atom. The van der Waals surface area contributed by atoms with Gasteiger partial charge in [-0.15, -0.1) is 0 Å². The maximum atomic E-state index is 11.9. The van der Waals surface area contributed by atoms with Gasteiger partial charge in [0.15, 0.2) is 0 Å². The summed E-state index contributed by atoms with van der Waals surface area (Å²) in [5.74, 6) is 0.0496. The van der Waals surface area contributed by atoms with Gasteiger partial charge < -0.3 is 10.1 Å². The van der Waals surface area contributed by atoms with Gasteiger partial charge in [-0.3, -0.25) is 4.79 Å². The normalized spacial score (nSPS) is 20.4. The molecule has 132 valence electrons. The van der Waals surface area contributed by atoms with Crippen molar-refractivity contribution in [1.82, 2.24) is 5.32 Å². The quantitative estimate of drug-likeness (QED) is 0.790. The SMILES string of the molecule is CCOC(=O)C1CCC(NC(c2ccccc2)c2ccccc2)CC1. The van der Waals surface area contributed by atoms with E-state index in [-0.39, 0.29) is 17.9 Å². The molecule has 0 aliphatic heterocycles. The van der Waals surface area contributed by atoms with Gasteiger partial charge in [0, 0.05) is 6.04 Å². The third-order valence-electron chi connectivity index (χ3n) is 5.02. The molecule has 0 spiro atoms. The average molecular weight is 337 g/mol. The number of hydrogen-bond donors (Lipinski definition) is 1. The van der Waals surface area contributed by atoms with Crippen LogP contribution in [-0.4, -0.2) is 18.6 Å². The smallest absolute Gasteiger partial charge is 0.308 e. The van der Waals surface area contributed by atoms with Crippen LogP contribution in [0, 0.1) is 5.92 Å². The van der Waals surface area contributed by atoms with Gasteiger partial charge in [0.1, 0.15) is 0 Å². The molecule has 1 saturated carbocycles. The number of hydrogen-bond acceptors (Lipinski definition) is 3. The predicted octanol–water partition coefficient (Wildman–Crippen LogP) is 4.49. The van der Waals surface area contributed by atoms with Crippen molar-refractivity contribution in [3.8, 4) is 0 Å². The Labute approximate surface area is 150 Å². The third kappa shape index (κ3) is 4.70. The number of carbonyl (C=O) groups is 1. The van der Waals surface area contributed by atoms with Crippen LogP contribution < -0.4 is 5.32 Å². The highest BCUT2D eigenvalue weighted by atomic mass is 16.5. The lowest BCUT2D eigenvalue weighted by molar-refractivity contribution is -0.149. The molecule has 2 aromatic rings. The molecule has 0 atom stereocenters. The Balaban J connectivity index is 1.67. The fourth-order valence-electron chi connectivity index (χ4n) is 3.67. The van der Waals surface area contributed by atoms with Crippen LogP contribution >= 0.6 is 0 Å². The van der Waals surface area contributed by atoms with Crippen LogP contribution in [0.5, 0.6) is 0 Å². The summed E-state index contributed by atoms with van der Waals surface area (Å²) in [5, 5.41) is 3.83. The standard InChI is InChI=1S/C22H27NO2/c1-2-25-22(24)19-13-15-20(16-14-19)23-21(17-9-5-3-6-10-17)18-11-7-4-8-12-18/h3-12,19-21,23H,2,13-16H2,1H3. The van der Waals surface area contributed by atoms with Gasteiger partial charge in [-0.05, 0) is 43.7 Å². The lowest BCUT2D eigenvalue weighted by atomic mass is 9.85. The van der Waals surface area contributed by atoms with E-state index in [4.69, 9.17) is 4.74 Å². The maximum absolute atomic E-state index is 11.9. The van der Waals surface area contributed by atoms with Crippen molar-refractivity contribution in [3.63, 3.8) is 0 Å². The van der Waals surface area contributed by atoms with Gasteiger partial charge in [-0.1, -0.05) is 60.7 Å². The molecule has 1 N–H and O–H groups in total. The van der Waals surface area contributed by atoms with E-state index in [9.17, 15) is 4.79 Å². The van der Waals surface area contributed by atoms with E-state index < -0.39 is 0 Å². The number of carbonyl (C=O) groups excluding carboxylic acids is 1. The van der Waals surface area contributed by atoms with Crippen LogP contribution in [0.25, 0.3) is 0 Å². The Hall–Kier alpha value is -2.13. The van der Waals surface area contributed by atoms with Gasteiger partial charge in [0.05, 0.1) is 18.6 Å². The fourth-order valence-corrected chi connectivity index (χ4v) is 3.67. The molecule has 0 amide bonds. The zero-order valence-electron chi connectivity index (χ0n) is 14.9. The van der Waals surface area contributed by atoms with Crippen molar-refractivity contribution < 1.29 is 9.53 Å². The van der Waals surface area contributed by atoms with Crippen LogP contribution in [0.4, 0.5) is 0 Å².